The van der Waals surface area contributed by atoms with E-state index < -0.39 is 16.3 Å². The first-order valence-electron chi connectivity index (χ1n) is 11.8. The number of hydrogen-bond acceptors (Lipinski definition) is 6. The fourth-order valence-electron chi connectivity index (χ4n) is 4.82. The van der Waals surface area contributed by atoms with Crippen LogP contribution in [0.25, 0.3) is 16.6 Å². The average Bonchev–Trinajstić information content (AvgIpc) is 2.86. The molecule has 0 spiro atoms. The lowest BCUT2D eigenvalue weighted by molar-refractivity contribution is -0.384. The zero-order chi connectivity index (χ0) is 25.4. The van der Waals surface area contributed by atoms with Gasteiger partial charge in [-0.1, -0.05) is 29.8 Å². The molecule has 36 heavy (non-hydrogen) atoms. The molecule has 184 valence electrons. The summed E-state index contributed by atoms with van der Waals surface area (Å²) in [6.45, 7) is 6.83. The second kappa shape index (κ2) is 9.50. The van der Waals surface area contributed by atoms with Gasteiger partial charge in [-0.15, -0.1) is 0 Å². The molecule has 1 saturated heterocycles. The predicted molar refractivity (Wildman–Crippen MR) is 137 cm³/mol. The van der Waals surface area contributed by atoms with Crippen LogP contribution in [0.15, 0.2) is 71.5 Å². The summed E-state index contributed by atoms with van der Waals surface area (Å²) in [4.78, 5) is 33.5. The van der Waals surface area contributed by atoms with Gasteiger partial charge in [0.1, 0.15) is 11.6 Å². The van der Waals surface area contributed by atoms with Crippen molar-refractivity contribution in [3.05, 3.63) is 104 Å². The summed E-state index contributed by atoms with van der Waals surface area (Å²) in [6.07, 6.45) is 0. The van der Waals surface area contributed by atoms with E-state index >= 15 is 0 Å². The van der Waals surface area contributed by atoms with Crippen molar-refractivity contribution in [1.82, 2.24) is 14.5 Å². The van der Waals surface area contributed by atoms with Gasteiger partial charge in [-0.3, -0.25) is 24.4 Å². The van der Waals surface area contributed by atoms with Gasteiger partial charge in [-0.2, -0.15) is 0 Å². The average molecular weight is 488 g/mol. The number of halogens is 1. The van der Waals surface area contributed by atoms with E-state index in [-0.39, 0.29) is 22.8 Å². The third-order valence-corrected chi connectivity index (χ3v) is 6.67. The second-order valence-corrected chi connectivity index (χ2v) is 9.19. The van der Waals surface area contributed by atoms with Crippen molar-refractivity contribution in [2.45, 2.75) is 26.4 Å². The molecule has 0 bridgehead atoms. The van der Waals surface area contributed by atoms with Crippen LogP contribution in [0, 0.1) is 22.9 Å². The molecule has 0 radical (unpaired) electrons. The summed E-state index contributed by atoms with van der Waals surface area (Å²) in [7, 11) is 0. The van der Waals surface area contributed by atoms with Crippen LogP contribution >= 0.6 is 0 Å². The molecule has 9 heteroatoms. The van der Waals surface area contributed by atoms with Gasteiger partial charge in [0.05, 0.1) is 28.1 Å². The molecule has 1 aliphatic heterocycles. The molecule has 5 rings (SSSR count). The Bertz CT molecular complexity index is 1500. The molecule has 1 aromatic heterocycles. The minimum absolute atomic E-state index is 0.0738. The van der Waals surface area contributed by atoms with Crippen LogP contribution in [-0.2, 0) is 6.54 Å². The first-order chi connectivity index (χ1) is 17.3. The molecule has 0 saturated carbocycles. The van der Waals surface area contributed by atoms with Crippen LogP contribution in [0.2, 0.25) is 0 Å². The number of piperazine rings is 1. The number of nitrogens with zero attached hydrogens (tertiary/aromatic N) is 5. The normalized spacial score (nSPS) is 16.4. The van der Waals surface area contributed by atoms with Gasteiger partial charge in [-0.25, -0.2) is 9.37 Å². The number of nitro groups is 1. The summed E-state index contributed by atoms with van der Waals surface area (Å²) in [5.74, 6) is -0.174. The van der Waals surface area contributed by atoms with E-state index in [1.54, 1.807) is 12.1 Å². The first kappa shape index (κ1) is 23.6. The van der Waals surface area contributed by atoms with Crippen molar-refractivity contribution in [3.63, 3.8) is 0 Å². The number of para-hydroxylation sites is 1. The Morgan fingerprint density at radius 1 is 1.08 bits per heavy atom. The van der Waals surface area contributed by atoms with E-state index in [0.29, 0.717) is 17.9 Å². The predicted octanol–water partition coefficient (Wildman–Crippen LogP) is 4.45. The summed E-state index contributed by atoms with van der Waals surface area (Å²) < 4.78 is 16.1. The molecule has 4 aromatic rings. The molecule has 1 unspecified atom stereocenters. The Kier molecular flexibility index (Phi) is 6.24. The lowest BCUT2D eigenvalue weighted by Gasteiger charge is -2.41. The van der Waals surface area contributed by atoms with E-state index in [0.717, 1.165) is 19.6 Å². The topological polar surface area (TPSA) is 84.5 Å². The maximum Gasteiger partial charge on any atom is 0.270 e. The van der Waals surface area contributed by atoms with Crippen molar-refractivity contribution in [2.24, 2.45) is 0 Å². The van der Waals surface area contributed by atoms with Crippen molar-refractivity contribution in [2.75, 3.05) is 24.5 Å². The minimum Gasteiger partial charge on any atom is -0.366 e. The number of hydrogen-bond donors (Lipinski definition) is 0. The monoisotopic (exact) mass is 487 g/mol. The Morgan fingerprint density at radius 3 is 2.53 bits per heavy atom. The van der Waals surface area contributed by atoms with Gasteiger partial charge in [0.15, 0.2) is 0 Å². The summed E-state index contributed by atoms with van der Waals surface area (Å²) in [6, 6.07) is 18.7. The third-order valence-electron chi connectivity index (χ3n) is 6.67. The van der Waals surface area contributed by atoms with Gasteiger partial charge in [-0.05, 0) is 44.2 Å². The molecule has 0 amide bonds. The van der Waals surface area contributed by atoms with Crippen molar-refractivity contribution in [3.8, 4) is 5.69 Å². The van der Waals surface area contributed by atoms with E-state index in [9.17, 15) is 19.3 Å². The molecule has 3 aromatic carbocycles. The molecule has 1 aliphatic rings. The van der Waals surface area contributed by atoms with Crippen LogP contribution < -0.4 is 10.5 Å². The number of anilines is 1. The molecule has 1 atom stereocenters. The number of non-ortho nitro benzene ring substituents is 1. The summed E-state index contributed by atoms with van der Waals surface area (Å²) in [5, 5.41) is 11.4. The maximum absolute atomic E-state index is 14.8. The number of benzene rings is 3. The summed E-state index contributed by atoms with van der Waals surface area (Å²) >= 11 is 0. The van der Waals surface area contributed by atoms with E-state index in [2.05, 4.69) is 52.9 Å². The first-order valence-corrected chi connectivity index (χ1v) is 11.8. The van der Waals surface area contributed by atoms with Gasteiger partial charge in [0, 0.05) is 43.5 Å². The van der Waals surface area contributed by atoms with Crippen LogP contribution in [0.4, 0.5) is 15.8 Å². The highest BCUT2D eigenvalue weighted by Gasteiger charge is 2.26. The van der Waals surface area contributed by atoms with Crippen LogP contribution in [0.1, 0.15) is 18.3 Å². The highest BCUT2D eigenvalue weighted by Crippen LogP contribution is 2.24. The molecule has 0 N–H and O–H groups in total. The van der Waals surface area contributed by atoms with E-state index in [1.165, 1.54) is 46.1 Å². The molecule has 2 heterocycles. The molecule has 0 aliphatic carbocycles. The zero-order valence-corrected chi connectivity index (χ0v) is 20.1. The fraction of sp³-hybridized carbons (Fsp3) is 0.259. The fourth-order valence-corrected chi connectivity index (χ4v) is 4.82. The van der Waals surface area contributed by atoms with Gasteiger partial charge >= 0.3 is 0 Å². The maximum atomic E-state index is 14.8. The number of rotatable bonds is 5. The number of aryl methyl sites for hydroxylation is 1. The van der Waals surface area contributed by atoms with Crippen molar-refractivity contribution >= 4 is 22.3 Å². The largest absolute Gasteiger partial charge is 0.366 e. The SMILES string of the molecule is Cc1ccc(N2CCN(Cc3nc4ccc([N+](=O)[O-])cc4c(=O)n3-c3ccccc3F)CC2C)cc1. The smallest absolute Gasteiger partial charge is 0.270 e. The van der Waals surface area contributed by atoms with E-state index in [4.69, 9.17) is 0 Å². The molecular formula is C27H26FN5O3. The lowest BCUT2D eigenvalue weighted by Crippen LogP contribution is -2.52. The second-order valence-electron chi connectivity index (χ2n) is 9.19. The van der Waals surface area contributed by atoms with Crippen molar-refractivity contribution in [1.29, 1.82) is 0 Å². The van der Waals surface area contributed by atoms with Crippen LogP contribution in [0.3, 0.4) is 0 Å². The lowest BCUT2D eigenvalue weighted by atomic mass is 10.1. The van der Waals surface area contributed by atoms with Crippen molar-refractivity contribution < 1.29 is 9.31 Å². The van der Waals surface area contributed by atoms with Crippen LogP contribution in [0.5, 0.6) is 0 Å². The molecule has 8 nitrogen and oxygen atoms in total. The highest BCUT2D eigenvalue weighted by atomic mass is 19.1. The molecule has 1 fully saturated rings. The highest BCUT2D eigenvalue weighted by molar-refractivity contribution is 5.80. The van der Waals surface area contributed by atoms with Gasteiger partial charge in [0.2, 0.25) is 0 Å². The van der Waals surface area contributed by atoms with E-state index in [1.807, 2.05) is 0 Å². The van der Waals surface area contributed by atoms with Crippen LogP contribution in [-0.4, -0.2) is 45.1 Å². The number of nitro benzene ring substituents is 1. The zero-order valence-electron chi connectivity index (χ0n) is 20.1. The third kappa shape index (κ3) is 4.45. The van der Waals surface area contributed by atoms with Gasteiger partial charge < -0.3 is 4.90 Å². The Balaban J connectivity index is 1.52. The number of fused-ring (bicyclic) bond motifs is 1. The Labute approximate surface area is 207 Å². The molecular weight excluding hydrogens is 461 g/mol. The Hall–Kier alpha value is -4.11. The minimum atomic E-state index is -0.565. The summed E-state index contributed by atoms with van der Waals surface area (Å²) in [5.41, 5.74) is 2.06. The quantitative estimate of drug-likeness (QED) is 0.305. The standard InChI is InChI=1S/C27H26FN5O3/c1-18-7-9-20(10-8-18)31-14-13-30(16-19(31)2)17-26-29-24-12-11-21(33(35)36)15-22(24)27(34)32(26)25-6-4-3-5-23(25)28/h3-12,15,19H,13-14,16-17H2,1-2H3. The number of aromatic nitrogens is 2. The van der Waals surface area contributed by atoms with Gasteiger partial charge in [0.25, 0.3) is 11.2 Å². The Morgan fingerprint density at radius 2 is 1.83 bits per heavy atom.